The maximum atomic E-state index is 6.12. The number of hydrogen-bond acceptors (Lipinski definition) is 1. The van der Waals surface area contributed by atoms with Crippen molar-refractivity contribution in [3.8, 4) is 5.69 Å². The summed E-state index contributed by atoms with van der Waals surface area (Å²) in [6, 6.07) is 27.4. The molecule has 0 aliphatic carbocycles. The van der Waals surface area contributed by atoms with Crippen molar-refractivity contribution in [2.24, 2.45) is 0 Å². The van der Waals surface area contributed by atoms with E-state index in [2.05, 4.69) is 83.5 Å². The summed E-state index contributed by atoms with van der Waals surface area (Å²) in [7, 11) is 0. The maximum absolute atomic E-state index is 6.12. The van der Waals surface area contributed by atoms with E-state index in [0.29, 0.717) is 0 Å². The van der Waals surface area contributed by atoms with Gasteiger partial charge in [0.15, 0.2) is 0 Å². The molecule has 0 bridgehead atoms. The molecule has 0 saturated carbocycles. The number of fused-ring (bicyclic) bond motifs is 5. The van der Waals surface area contributed by atoms with Crippen LogP contribution in [0.5, 0.6) is 0 Å². The van der Waals surface area contributed by atoms with Crippen molar-refractivity contribution in [2.75, 3.05) is 5.32 Å². The number of rotatable bonds is 1. The zero-order valence-electron chi connectivity index (χ0n) is 13.8. The first-order valence-electron chi connectivity index (χ1n) is 8.41. The van der Waals surface area contributed by atoms with E-state index in [1.807, 2.05) is 12.1 Å². The third-order valence-electron chi connectivity index (χ3n) is 5.17. The number of halogens is 1. The zero-order valence-corrected chi connectivity index (χ0v) is 14.6. The molecule has 2 nitrogen and oxygen atoms in total. The van der Waals surface area contributed by atoms with Gasteiger partial charge in [0.05, 0.1) is 22.6 Å². The quantitative estimate of drug-likeness (QED) is 0.450. The van der Waals surface area contributed by atoms with Crippen molar-refractivity contribution in [2.45, 2.75) is 12.5 Å². The van der Waals surface area contributed by atoms with Crippen molar-refractivity contribution in [1.82, 2.24) is 4.57 Å². The molecule has 1 atom stereocenters. The number of benzene rings is 3. The van der Waals surface area contributed by atoms with Crippen molar-refractivity contribution in [3.63, 3.8) is 0 Å². The number of nitrogens with zero attached hydrogens (tertiary/aromatic N) is 1. The third-order valence-corrected chi connectivity index (χ3v) is 5.43. The Bertz CT molecular complexity index is 1090. The highest BCUT2D eigenvalue weighted by atomic mass is 35.5. The van der Waals surface area contributed by atoms with E-state index in [4.69, 9.17) is 11.6 Å². The van der Waals surface area contributed by atoms with Gasteiger partial charge in [-0.25, -0.2) is 0 Å². The largest absolute Gasteiger partial charge is 0.369 e. The molecule has 1 unspecified atom stereocenters. The van der Waals surface area contributed by atoms with Crippen LogP contribution in [0.15, 0.2) is 78.9 Å². The highest BCUT2D eigenvalue weighted by Crippen LogP contribution is 2.44. The molecule has 0 saturated heterocycles. The molecule has 5 rings (SSSR count). The van der Waals surface area contributed by atoms with E-state index < -0.39 is 0 Å². The lowest BCUT2D eigenvalue weighted by atomic mass is 9.86. The summed E-state index contributed by atoms with van der Waals surface area (Å²) in [5, 5.41) is 5.76. The number of aromatic nitrogens is 1. The molecule has 1 N–H and O–H groups in total. The van der Waals surface area contributed by atoms with Gasteiger partial charge >= 0.3 is 0 Å². The molecule has 3 heteroatoms. The highest BCUT2D eigenvalue weighted by molar-refractivity contribution is 6.30. The van der Waals surface area contributed by atoms with Gasteiger partial charge in [-0.05, 0) is 48.9 Å². The van der Waals surface area contributed by atoms with Crippen LogP contribution in [0.2, 0.25) is 5.02 Å². The first kappa shape index (κ1) is 14.6. The molecule has 4 aromatic rings. The monoisotopic (exact) mass is 344 g/mol. The van der Waals surface area contributed by atoms with Crippen LogP contribution >= 0.6 is 11.6 Å². The normalized spacial score (nSPS) is 18.5. The minimum Gasteiger partial charge on any atom is -0.369 e. The molecular weight excluding hydrogens is 328 g/mol. The number of anilines is 1. The second-order valence-electron chi connectivity index (χ2n) is 6.70. The maximum Gasteiger partial charge on any atom is 0.101 e. The highest BCUT2D eigenvalue weighted by Gasteiger charge is 2.37. The summed E-state index contributed by atoms with van der Waals surface area (Å²) in [5.74, 6) is 0. The van der Waals surface area contributed by atoms with E-state index in [1.165, 1.54) is 27.8 Å². The number of para-hydroxylation sites is 3. The average Bonchev–Trinajstić information content (AvgIpc) is 3.03. The predicted molar refractivity (Wildman–Crippen MR) is 105 cm³/mol. The Labute approximate surface area is 151 Å². The zero-order chi connectivity index (χ0) is 17.0. The third kappa shape index (κ3) is 2.04. The lowest BCUT2D eigenvalue weighted by Crippen LogP contribution is -2.38. The molecule has 25 heavy (non-hydrogen) atoms. The minimum absolute atomic E-state index is 0.335. The number of nitrogens with one attached hydrogen (secondary N) is 1. The summed E-state index contributed by atoms with van der Waals surface area (Å²) in [4.78, 5) is 0. The first-order valence-corrected chi connectivity index (χ1v) is 8.79. The lowest BCUT2D eigenvalue weighted by Gasteiger charge is -2.39. The van der Waals surface area contributed by atoms with E-state index >= 15 is 0 Å². The van der Waals surface area contributed by atoms with Crippen LogP contribution in [0.3, 0.4) is 0 Å². The van der Waals surface area contributed by atoms with Gasteiger partial charge in [-0.15, -0.1) is 0 Å². The average molecular weight is 345 g/mol. The fourth-order valence-corrected chi connectivity index (χ4v) is 4.02. The molecular formula is C22H17ClN2. The molecule has 3 aromatic carbocycles. The van der Waals surface area contributed by atoms with E-state index in [0.717, 1.165) is 10.7 Å². The summed E-state index contributed by atoms with van der Waals surface area (Å²) >= 11 is 6.12. The summed E-state index contributed by atoms with van der Waals surface area (Å²) < 4.78 is 2.37. The number of hydrogen-bond donors (Lipinski definition) is 1. The van der Waals surface area contributed by atoms with E-state index in [1.54, 1.807) is 0 Å². The topological polar surface area (TPSA) is 17.0 Å². The summed E-state index contributed by atoms with van der Waals surface area (Å²) in [5.41, 5.74) is 5.63. The molecule has 0 radical (unpaired) electrons. The van der Waals surface area contributed by atoms with Crippen LogP contribution in [-0.2, 0) is 5.54 Å². The molecule has 1 aliphatic rings. The van der Waals surface area contributed by atoms with Crippen LogP contribution < -0.4 is 5.32 Å². The van der Waals surface area contributed by atoms with Crippen molar-refractivity contribution in [1.29, 1.82) is 0 Å². The molecule has 122 valence electrons. The van der Waals surface area contributed by atoms with E-state index in [9.17, 15) is 0 Å². The molecule has 0 spiro atoms. The SMILES string of the molecule is CC1(c2ccc(Cl)cc2)Nc2ccccc2-n2c1cc1ccccc12. The Kier molecular flexibility index (Phi) is 3.01. The summed E-state index contributed by atoms with van der Waals surface area (Å²) in [6.45, 7) is 2.23. The summed E-state index contributed by atoms with van der Waals surface area (Å²) in [6.07, 6.45) is 0. The van der Waals surface area contributed by atoms with Crippen LogP contribution in [0.1, 0.15) is 18.2 Å². The van der Waals surface area contributed by atoms with Gasteiger partial charge in [0.1, 0.15) is 5.54 Å². The Morgan fingerprint density at radius 1 is 0.880 bits per heavy atom. The van der Waals surface area contributed by atoms with Gasteiger partial charge in [-0.2, -0.15) is 0 Å². The first-order chi connectivity index (χ1) is 12.2. The van der Waals surface area contributed by atoms with Gasteiger partial charge in [0, 0.05) is 10.4 Å². The molecule has 2 heterocycles. The van der Waals surface area contributed by atoms with Gasteiger partial charge in [0.25, 0.3) is 0 Å². The lowest BCUT2D eigenvalue weighted by molar-refractivity contribution is 0.608. The standard InChI is InChI=1S/C22H17ClN2/c1-22(16-10-12-17(23)13-11-16)21-14-15-6-2-4-8-19(15)25(21)20-9-5-3-7-18(20)24-22/h2-14,24H,1H3. The van der Waals surface area contributed by atoms with Gasteiger partial charge < -0.3 is 9.88 Å². The smallest absolute Gasteiger partial charge is 0.101 e. The van der Waals surface area contributed by atoms with Crippen LogP contribution in [-0.4, -0.2) is 4.57 Å². The predicted octanol–water partition coefficient (Wildman–Crippen LogP) is 5.97. The van der Waals surface area contributed by atoms with E-state index in [-0.39, 0.29) is 5.54 Å². The Morgan fingerprint density at radius 3 is 2.44 bits per heavy atom. The van der Waals surface area contributed by atoms with Crippen LogP contribution in [0.25, 0.3) is 16.6 Å². The fraction of sp³-hybridized carbons (Fsp3) is 0.0909. The second-order valence-corrected chi connectivity index (χ2v) is 7.13. The van der Waals surface area contributed by atoms with Crippen molar-refractivity contribution in [3.05, 3.63) is 95.1 Å². The molecule has 0 fully saturated rings. The van der Waals surface area contributed by atoms with Crippen molar-refractivity contribution >= 4 is 28.2 Å². The Morgan fingerprint density at radius 2 is 1.60 bits per heavy atom. The van der Waals surface area contributed by atoms with Gasteiger partial charge in [-0.1, -0.05) is 54.1 Å². The van der Waals surface area contributed by atoms with Gasteiger partial charge in [0.2, 0.25) is 0 Å². The molecule has 0 amide bonds. The molecule has 1 aliphatic heterocycles. The Balaban J connectivity index is 1.86. The molecule has 1 aromatic heterocycles. The Hall–Kier alpha value is -2.71. The second kappa shape index (κ2) is 5.14. The minimum atomic E-state index is -0.335. The van der Waals surface area contributed by atoms with Crippen LogP contribution in [0.4, 0.5) is 5.69 Å². The van der Waals surface area contributed by atoms with Crippen LogP contribution in [0, 0.1) is 0 Å². The fourth-order valence-electron chi connectivity index (χ4n) is 3.89. The van der Waals surface area contributed by atoms with Gasteiger partial charge in [-0.3, -0.25) is 0 Å². The van der Waals surface area contributed by atoms with Crippen molar-refractivity contribution < 1.29 is 0 Å².